The van der Waals surface area contributed by atoms with Crippen LogP contribution in [0, 0.1) is 41.5 Å². The average molecular weight is 1720 g/mol. The molecule has 9 nitrogen and oxygen atoms in total. The van der Waals surface area contributed by atoms with Gasteiger partial charge < -0.3 is 29.4 Å². The Labute approximate surface area is 783 Å². The summed E-state index contributed by atoms with van der Waals surface area (Å²) < 4.78 is 0. The van der Waals surface area contributed by atoms with E-state index in [2.05, 4.69) is 526 Å². The summed E-state index contributed by atoms with van der Waals surface area (Å²) in [5.41, 5.74) is 43.0. The molecule has 3 aliphatic carbocycles. The van der Waals surface area contributed by atoms with Crippen LogP contribution in [-0.2, 0) is 0 Å². The monoisotopic (exact) mass is 1720 g/mol. The van der Waals surface area contributed by atoms with Crippen molar-refractivity contribution in [2.75, 3.05) is 29.4 Å². The fourth-order valence-corrected chi connectivity index (χ4v) is 19.8. The Morgan fingerprint density at radius 3 is 0.478 bits per heavy atom. The lowest BCUT2D eigenvalue weighted by Gasteiger charge is -2.42. The Bertz CT molecular complexity index is 7590. The Morgan fingerprint density at radius 2 is 0.299 bits per heavy atom. The number of nitrogens with zero attached hydrogens (tertiary/aromatic N) is 9. The highest BCUT2D eigenvalue weighted by Gasteiger charge is 2.43. The van der Waals surface area contributed by atoms with Gasteiger partial charge in [-0.3, -0.25) is 0 Å². The summed E-state index contributed by atoms with van der Waals surface area (Å²) >= 11 is 0. The predicted octanol–water partition coefficient (Wildman–Crippen LogP) is 34.0. The molecule has 0 amide bonds. The van der Waals surface area contributed by atoms with Gasteiger partial charge in [0, 0.05) is 147 Å². The molecule has 0 saturated carbocycles. The minimum atomic E-state index is -0.125. The van der Waals surface area contributed by atoms with Gasteiger partial charge in [-0.1, -0.05) is 215 Å². The summed E-state index contributed by atoms with van der Waals surface area (Å²) in [4.78, 5) is 30.9. The van der Waals surface area contributed by atoms with E-state index in [0.29, 0.717) is 0 Å². The molecule has 3 aromatic heterocycles. The number of pyridine rings is 3. The Balaban J connectivity index is 0.590. The standard InChI is InChI=1S/C125H95N9/c1-82-22-43-97(44-23-82)129(94-16-10-7-11-17-94)106-61-67-109(68-62-106)132(100-49-28-85(4)29-50-100)103-55-34-88(35-56-103)118-75-42-93-78-114-115(79-121(93)126-118)124-112-76-91-40-73-119(89-36-57-104(58-37-89)133(101-51-30-86(5)31-52-101)110-69-63-107(64-70-110)130(95-18-12-8-13-19-95)98-45-24-83(2)25-46-98)127-122(91)80-116(112)125(114)117-81-123-92(77-113(117)124)41-74-120(128-123)90-38-59-105(60-39-90)134(102-53-32-87(6)33-54-102)111-71-65-108(66-72-111)131(96-20-14-9-15-21-96)99-47-26-84(3)27-48-99/h7-81,124-125H,1-6H3. The molecule has 0 aliphatic heterocycles. The number of fused-ring (bicyclic) bond motifs is 3. The maximum Gasteiger partial charge on any atom is 0.0712 e. The van der Waals surface area contributed by atoms with Gasteiger partial charge in [-0.05, 0) is 348 Å². The van der Waals surface area contributed by atoms with E-state index in [9.17, 15) is 0 Å². The van der Waals surface area contributed by atoms with Gasteiger partial charge in [0.25, 0.3) is 0 Å². The van der Waals surface area contributed by atoms with E-state index in [1.54, 1.807) is 0 Å². The summed E-state index contributed by atoms with van der Waals surface area (Å²) in [5.74, 6) is -0.221. The summed E-state index contributed by atoms with van der Waals surface area (Å²) in [6.45, 7) is 12.8. The van der Waals surface area contributed by atoms with Crippen LogP contribution in [0.15, 0.2) is 455 Å². The van der Waals surface area contributed by atoms with Gasteiger partial charge in [0.05, 0.1) is 33.6 Å². The number of hydrogen-bond donors (Lipinski definition) is 0. The first kappa shape index (κ1) is 81.5. The molecule has 9 heteroatoms. The van der Waals surface area contributed by atoms with Gasteiger partial charge in [0.1, 0.15) is 0 Å². The summed E-state index contributed by atoms with van der Waals surface area (Å²) in [5, 5.41) is 3.28. The molecule has 21 aromatic rings. The predicted molar refractivity (Wildman–Crippen MR) is 560 cm³/mol. The van der Waals surface area contributed by atoms with Crippen LogP contribution in [0.5, 0.6) is 0 Å². The fraction of sp³-hybridized carbons (Fsp3) is 0.0640. The first-order valence-electron chi connectivity index (χ1n) is 46.1. The van der Waals surface area contributed by atoms with Gasteiger partial charge in [-0.25, -0.2) is 15.0 Å². The van der Waals surface area contributed by atoms with Crippen LogP contribution in [0.3, 0.4) is 0 Å². The van der Waals surface area contributed by atoms with Crippen molar-refractivity contribution >= 4 is 135 Å². The molecule has 0 spiro atoms. The highest BCUT2D eigenvalue weighted by Crippen LogP contribution is 2.59. The zero-order chi connectivity index (χ0) is 90.0. The quantitative estimate of drug-likeness (QED) is 0.0700. The van der Waals surface area contributed by atoms with Crippen molar-refractivity contribution in [3.8, 4) is 33.8 Å². The molecular formula is C125H95N9. The fourth-order valence-electron chi connectivity index (χ4n) is 19.8. The Kier molecular flexibility index (Phi) is 20.9. The van der Waals surface area contributed by atoms with Crippen LogP contribution in [0.4, 0.5) is 102 Å². The van der Waals surface area contributed by atoms with Gasteiger partial charge in [0.15, 0.2) is 0 Å². The average Bonchev–Trinajstić information content (AvgIpc) is 0.687. The Hall–Kier alpha value is -17.0. The molecule has 3 heterocycles. The maximum atomic E-state index is 5.63. The molecular weight excluding hydrogens is 1630 g/mol. The molecule has 640 valence electrons. The van der Waals surface area contributed by atoms with E-state index in [0.717, 1.165) is 169 Å². The smallest absolute Gasteiger partial charge is 0.0712 e. The van der Waals surface area contributed by atoms with Crippen LogP contribution >= 0.6 is 0 Å². The number of aromatic nitrogens is 3. The second-order valence-electron chi connectivity index (χ2n) is 35.7. The molecule has 134 heavy (non-hydrogen) atoms. The minimum absolute atomic E-state index is 0.0967. The van der Waals surface area contributed by atoms with Crippen molar-refractivity contribution < 1.29 is 0 Å². The van der Waals surface area contributed by atoms with Crippen LogP contribution in [-0.4, -0.2) is 15.0 Å². The number of anilines is 18. The molecule has 0 fully saturated rings. The third-order valence-electron chi connectivity index (χ3n) is 26.7. The van der Waals surface area contributed by atoms with Crippen LogP contribution in [0.1, 0.15) is 78.6 Å². The lowest BCUT2D eigenvalue weighted by molar-refractivity contribution is 0.760. The van der Waals surface area contributed by atoms with Gasteiger partial charge in [0.2, 0.25) is 0 Å². The maximum absolute atomic E-state index is 5.63. The first-order valence-corrected chi connectivity index (χ1v) is 46.1. The van der Waals surface area contributed by atoms with Crippen molar-refractivity contribution in [2.24, 2.45) is 0 Å². The van der Waals surface area contributed by atoms with E-state index >= 15 is 0 Å². The summed E-state index contributed by atoms with van der Waals surface area (Å²) in [7, 11) is 0. The molecule has 0 atom stereocenters. The summed E-state index contributed by atoms with van der Waals surface area (Å²) in [6, 6.07) is 166. The Morgan fingerprint density at radius 1 is 0.149 bits per heavy atom. The molecule has 2 bridgehead atoms. The lowest BCUT2D eigenvalue weighted by Crippen LogP contribution is -2.27. The number of hydrogen-bond acceptors (Lipinski definition) is 9. The highest BCUT2D eigenvalue weighted by atomic mass is 15.2. The van der Waals surface area contributed by atoms with E-state index in [-0.39, 0.29) is 11.8 Å². The second kappa shape index (κ2) is 34.5. The molecule has 3 aliphatic rings. The van der Waals surface area contributed by atoms with Crippen molar-refractivity contribution in [1.29, 1.82) is 0 Å². The molecule has 0 N–H and O–H groups in total. The molecule has 24 rings (SSSR count). The lowest BCUT2D eigenvalue weighted by atomic mass is 9.60. The van der Waals surface area contributed by atoms with E-state index in [1.165, 1.54) is 66.8 Å². The van der Waals surface area contributed by atoms with Gasteiger partial charge >= 0.3 is 0 Å². The highest BCUT2D eigenvalue weighted by molar-refractivity contribution is 5.95. The van der Waals surface area contributed by atoms with Crippen LogP contribution in [0.2, 0.25) is 0 Å². The third kappa shape index (κ3) is 15.5. The zero-order valence-electron chi connectivity index (χ0n) is 75.5. The van der Waals surface area contributed by atoms with Crippen molar-refractivity contribution in [3.63, 3.8) is 0 Å². The van der Waals surface area contributed by atoms with Crippen molar-refractivity contribution in [3.05, 3.63) is 522 Å². The number of aryl methyl sites for hydroxylation is 6. The number of benzene rings is 18. The second-order valence-corrected chi connectivity index (χ2v) is 35.7. The minimum Gasteiger partial charge on any atom is -0.311 e. The molecule has 0 unspecified atom stereocenters. The van der Waals surface area contributed by atoms with Gasteiger partial charge in [-0.2, -0.15) is 0 Å². The number of rotatable bonds is 21. The topological polar surface area (TPSA) is 58.1 Å². The van der Waals surface area contributed by atoms with E-state index in [4.69, 9.17) is 15.0 Å². The first-order chi connectivity index (χ1) is 65.8. The third-order valence-corrected chi connectivity index (χ3v) is 26.7. The molecule has 0 radical (unpaired) electrons. The number of para-hydroxylation sites is 3. The molecule has 18 aromatic carbocycles. The van der Waals surface area contributed by atoms with E-state index in [1.807, 2.05) is 0 Å². The normalized spacial score (nSPS) is 12.9. The molecule has 0 saturated heterocycles. The van der Waals surface area contributed by atoms with Crippen molar-refractivity contribution in [1.82, 2.24) is 15.0 Å². The largest absolute Gasteiger partial charge is 0.311 e. The van der Waals surface area contributed by atoms with Gasteiger partial charge in [-0.15, -0.1) is 0 Å². The SMILES string of the molecule is Cc1ccc(N(c2ccccc2)c2ccc(N(c3ccc(C)cc3)c3ccc(-c4ccc5cc6c(cc5n4)C4c5cc7ccc(-c8ccc(N(c9ccc(C)cc9)c9ccc(N(c%10ccccc%10)c%10ccc(C)cc%10)cc9)cc8)nc7cc5C6c5cc6nc(-c7ccc(N(c8ccc(C)cc8)c8ccc(N(c9ccccc9)c9ccc(C)cc9)cc8)cc7)ccc6cc54)cc3)cc2)cc1. The zero-order valence-corrected chi connectivity index (χ0v) is 75.5. The van der Waals surface area contributed by atoms with Crippen molar-refractivity contribution in [2.45, 2.75) is 53.4 Å². The summed E-state index contributed by atoms with van der Waals surface area (Å²) in [6.07, 6.45) is 0. The van der Waals surface area contributed by atoms with Crippen LogP contribution in [0.25, 0.3) is 66.5 Å². The van der Waals surface area contributed by atoms with E-state index < -0.39 is 0 Å². The van der Waals surface area contributed by atoms with Crippen LogP contribution < -0.4 is 29.4 Å².